The van der Waals surface area contributed by atoms with Crippen LogP contribution in [0.5, 0.6) is 0 Å². The normalized spacial score (nSPS) is 13.1. The number of amides is 1. The van der Waals surface area contributed by atoms with Crippen molar-refractivity contribution in [1.29, 1.82) is 0 Å². The predicted octanol–water partition coefficient (Wildman–Crippen LogP) is 3.36. The van der Waals surface area contributed by atoms with Crippen LogP contribution in [0.4, 0.5) is 5.82 Å². The van der Waals surface area contributed by atoms with Crippen LogP contribution in [0.3, 0.4) is 0 Å². The van der Waals surface area contributed by atoms with E-state index in [9.17, 15) is 4.79 Å². The van der Waals surface area contributed by atoms with Crippen LogP contribution in [0, 0.1) is 6.92 Å². The zero-order chi connectivity index (χ0) is 19.5. The summed E-state index contributed by atoms with van der Waals surface area (Å²) in [5.41, 5.74) is 5.14. The fourth-order valence-electron chi connectivity index (χ4n) is 3.46. The molecule has 3 aromatic rings. The van der Waals surface area contributed by atoms with Crippen LogP contribution >= 0.6 is 0 Å². The zero-order valence-corrected chi connectivity index (χ0v) is 16.1. The smallest absolute Gasteiger partial charge is 0.219 e. The second kappa shape index (κ2) is 7.76. The molecule has 0 saturated carbocycles. The summed E-state index contributed by atoms with van der Waals surface area (Å²) in [6, 6.07) is 14.1. The highest BCUT2D eigenvalue weighted by Crippen LogP contribution is 2.27. The van der Waals surface area contributed by atoms with Crippen molar-refractivity contribution in [3.05, 3.63) is 71.0 Å². The maximum Gasteiger partial charge on any atom is 0.219 e. The Balaban J connectivity index is 1.69. The van der Waals surface area contributed by atoms with Gasteiger partial charge in [0.25, 0.3) is 0 Å². The molecule has 0 unspecified atom stereocenters. The number of hydrogen-bond acceptors (Lipinski definition) is 5. The Hall–Kier alpha value is -3.28. The van der Waals surface area contributed by atoms with Crippen molar-refractivity contribution in [2.24, 2.45) is 0 Å². The highest BCUT2D eigenvalue weighted by atomic mass is 16.2. The van der Waals surface area contributed by atoms with Gasteiger partial charge in [0.15, 0.2) is 5.82 Å². The molecule has 6 nitrogen and oxygen atoms in total. The maximum atomic E-state index is 11.8. The Morgan fingerprint density at radius 2 is 2.07 bits per heavy atom. The van der Waals surface area contributed by atoms with Gasteiger partial charge in [-0.15, -0.1) is 0 Å². The van der Waals surface area contributed by atoms with Crippen molar-refractivity contribution in [2.75, 3.05) is 11.9 Å². The quantitative estimate of drug-likeness (QED) is 0.759. The van der Waals surface area contributed by atoms with Crippen molar-refractivity contribution in [1.82, 2.24) is 19.9 Å². The summed E-state index contributed by atoms with van der Waals surface area (Å²) in [4.78, 5) is 27.6. The number of carbonyl (C=O) groups is 1. The van der Waals surface area contributed by atoms with Gasteiger partial charge in [-0.05, 0) is 31.0 Å². The van der Waals surface area contributed by atoms with Crippen LogP contribution in [0.2, 0.25) is 0 Å². The third-order valence-corrected chi connectivity index (χ3v) is 4.95. The molecular weight excluding hydrogens is 350 g/mol. The topological polar surface area (TPSA) is 71.0 Å². The molecule has 1 aromatic carbocycles. The van der Waals surface area contributed by atoms with E-state index in [1.165, 1.54) is 11.1 Å². The van der Waals surface area contributed by atoms with Crippen LogP contribution in [0.15, 0.2) is 48.7 Å². The highest BCUT2D eigenvalue weighted by Gasteiger charge is 2.24. The lowest BCUT2D eigenvalue weighted by Gasteiger charge is -2.28. The van der Waals surface area contributed by atoms with E-state index in [-0.39, 0.29) is 5.91 Å². The van der Waals surface area contributed by atoms with Gasteiger partial charge in [-0.25, -0.2) is 9.97 Å². The Labute approximate surface area is 164 Å². The van der Waals surface area contributed by atoms with Crippen molar-refractivity contribution >= 4 is 11.7 Å². The first-order valence-electron chi connectivity index (χ1n) is 9.46. The summed E-state index contributed by atoms with van der Waals surface area (Å²) < 4.78 is 0. The van der Waals surface area contributed by atoms with E-state index in [4.69, 9.17) is 9.97 Å². The van der Waals surface area contributed by atoms with Crippen LogP contribution < -0.4 is 5.32 Å². The standard InChI is InChI=1S/C22H23N5O/c1-15-6-5-7-17(12-15)13-24-21-18-9-11-27(16(2)28)14-20(18)25-22(26-21)19-8-3-4-10-23-19/h3-8,10,12H,9,11,13-14H2,1-2H3,(H,24,25,26). The van der Waals surface area contributed by atoms with Crippen molar-refractivity contribution in [3.8, 4) is 11.5 Å². The Morgan fingerprint density at radius 3 is 2.82 bits per heavy atom. The van der Waals surface area contributed by atoms with E-state index in [0.29, 0.717) is 25.5 Å². The molecule has 28 heavy (non-hydrogen) atoms. The first-order valence-corrected chi connectivity index (χ1v) is 9.46. The molecule has 2 aromatic heterocycles. The molecule has 0 aliphatic carbocycles. The third-order valence-electron chi connectivity index (χ3n) is 4.95. The summed E-state index contributed by atoms with van der Waals surface area (Å²) in [6.45, 7) is 5.57. The summed E-state index contributed by atoms with van der Waals surface area (Å²) in [7, 11) is 0. The number of hydrogen-bond donors (Lipinski definition) is 1. The fourth-order valence-corrected chi connectivity index (χ4v) is 3.46. The molecular formula is C22H23N5O. The first kappa shape index (κ1) is 18.1. The van der Waals surface area contributed by atoms with Crippen molar-refractivity contribution in [3.63, 3.8) is 0 Å². The highest BCUT2D eigenvalue weighted by molar-refractivity contribution is 5.74. The number of pyridine rings is 1. The zero-order valence-electron chi connectivity index (χ0n) is 16.1. The predicted molar refractivity (Wildman–Crippen MR) is 109 cm³/mol. The minimum absolute atomic E-state index is 0.0675. The second-order valence-electron chi connectivity index (χ2n) is 7.07. The molecule has 0 radical (unpaired) electrons. The van der Waals surface area contributed by atoms with E-state index in [0.717, 1.165) is 29.2 Å². The summed E-state index contributed by atoms with van der Waals surface area (Å²) >= 11 is 0. The Morgan fingerprint density at radius 1 is 1.18 bits per heavy atom. The molecule has 0 atom stereocenters. The fraction of sp³-hybridized carbons (Fsp3) is 0.273. The van der Waals surface area contributed by atoms with Gasteiger partial charge in [-0.2, -0.15) is 0 Å². The molecule has 1 aliphatic rings. The molecule has 4 rings (SSSR count). The molecule has 1 aliphatic heterocycles. The van der Waals surface area contributed by atoms with Crippen LogP contribution in [0.25, 0.3) is 11.5 Å². The molecule has 0 saturated heterocycles. The van der Waals surface area contributed by atoms with Gasteiger partial charge in [0, 0.05) is 31.8 Å². The van der Waals surface area contributed by atoms with E-state index < -0.39 is 0 Å². The SMILES string of the molecule is CC(=O)N1CCc2c(nc(-c3ccccn3)nc2NCc2cccc(C)c2)C1. The second-order valence-corrected chi connectivity index (χ2v) is 7.07. The molecule has 0 fully saturated rings. The van der Waals surface area contributed by atoms with Crippen molar-refractivity contribution in [2.45, 2.75) is 33.4 Å². The Kier molecular flexibility index (Phi) is 5.02. The van der Waals surface area contributed by atoms with Crippen LogP contribution in [0.1, 0.15) is 29.3 Å². The van der Waals surface area contributed by atoms with E-state index in [1.54, 1.807) is 13.1 Å². The molecule has 6 heteroatoms. The molecule has 0 bridgehead atoms. The molecule has 0 spiro atoms. The van der Waals surface area contributed by atoms with E-state index in [2.05, 4.69) is 41.5 Å². The number of nitrogens with one attached hydrogen (secondary N) is 1. The number of anilines is 1. The average Bonchev–Trinajstić information content (AvgIpc) is 2.72. The number of fused-ring (bicyclic) bond motifs is 1. The van der Waals surface area contributed by atoms with Gasteiger partial charge in [-0.1, -0.05) is 35.9 Å². The van der Waals surface area contributed by atoms with Gasteiger partial charge in [0.05, 0.1) is 12.2 Å². The number of aromatic nitrogens is 3. The van der Waals surface area contributed by atoms with Gasteiger partial charge in [0.2, 0.25) is 5.91 Å². The van der Waals surface area contributed by atoms with Gasteiger partial charge >= 0.3 is 0 Å². The monoisotopic (exact) mass is 373 g/mol. The van der Waals surface area contributed by atoms with Crippen LogP contribution in [-0.4, -0.2) is 32.3 Å². The lowest BCUT2D eigenvalue weighted by molar-refractivity contribution is -0.129. The van der Waals surface area contributed by atoms with E-state index in [1.807, 2.05) is 23.1 Å². The number of rotatable bonds is 4. The number of benzene rings is 1. The molecule has 1 N–H and O–H groups in total. The first-order chi connectivity index (χ1) is 13.6. The minimum Gasteiger partial charge on any atom is -0.366 e. The third kappa shape index (κ3) is 3.86. The number of carbonyl (C=O) groups excluding carboxylic acids is 1. The van der Waals surface area contributed by atoms with Crippen LogP contribution in [-0.2, 0) is 24.3 Å². The average molecular weight is 373 g/mol. The summed E-state index contributed by atoms with van der Waals surface area (Å²) in [5.74, 6) is 1.48. The maximum absolute atomic E-state index is 11.8. The van der Waals surface area contributed by atoms with Gasteiger partial charge < -0.3 is 10.2 Å². The minimum atomic E-state index is 0.0675. The largest absolute Gasteiger partial charge is 0.366 e. The van der Waals surface area contributed by atoms with Gasteiger partial charge in [0.1, 0.15) is 11.5 Å². The van der Waals surface area contributed by atoms with E-state index >= 15 is 0 Å². The molecule has 3 heterocycles. The summed E-state index contributed by atoms with van der Waals surface area (Å²) in [6.07, 6.45) is 2.48. The lowest BCUT2D eigenvalue weighted by Crippen LogP contribution is -2.35. The summed E-state index contributed by atoms with van der Waals surface area (Å²) in [5, 5.41) is 3.49. The number of aryl methyl sites for hydroxylation is 1. The number of nitrogens with zero attached hydrogens (tertiary/aromatic N) is 4. The van der Waals surface area contributed by atoms with Gasteiger partial charge in [-0.3, -0.25) is 9.78 Å². The lowest BCUT2D eigenvalue weighted by atomic mass is 10.0. The molecule has 1 amide bonds. The van der Waals surface area contributed by atoms with Crippen molar-refractivity contribution < 1.29 is 4.79 Å². The Bertz CT molecular complexity index is 1000. The molecule has 142 valence electrons.